The maximum absolute atomic E-state index is 13.4. The van der Waals surface area contributed by atoms with Crippen molar-refractivity contribution in [2.45, 2.75) is 44.5 Å². The van der Waals surface area contributed by atoms with Gasteiger partial charge in [-0.15, -0.1) is 0 Å². The number of benzene rings is 5. The largest absolute Gasteiger partial charge is 0.512 e. The maximum Gasteiger partial charge on any atom is 0.512 e. The molecule has 49 heavy (non-hydrogen) atoms. The van der Waals surface area contributed by atoms with E-state index < -0.39 is 30.5 Å². The average Bonchev–Trinajstić information content (AvgIpc) is 3.02. The normalized spacial score (nSPS) is 13.5. The van der Waals surface area contributed by atoms with E-state index in [0.29, 0.717) is 34.3 Å². The SMILES string of the molecule is Cc1cccc(C)c1/C=c1\ccc2c(c1)Oc1cc(Cc3c(C)cccc3C)ccc1C=2c1ccccc1S(=O)(=O)NS(=O)(=O)C(F)(F)F. The molecular weight excluding hydrogens is 672 g/mol. The van der Waals surface area contributed by atoms with Crippen LogP contribution in [0, 0.1) is 27.7 Å². The molecule has 6 rings (SSSR count). The molecule has 252 valence electrons. The average molecular weight is 704 g/mol. The predicted molar refractivity (Wildman–Crippen MR) is 184 cm³/mol. The number of halogens is 3. The molecule has 0 aliphatic carbocycles. The minimum atomic E-state index is -6.23. The van der Waals surface area contributed by atoms with Crippen LogP contribution in [-0.2, 0) is 26.5 Å². The zero-order chi connectivity index (χ0) is 35.3. The van der Waals surface area contributed by atoms with Gasteiger partial charge in [-0.2, -0.15) is 13.2 Å². The van der Waals surface area contributed by atoms with Gasteiger partial charge in [-0.1, -0.05) is 76.9 Å². The van der Waals surface area contributed by atoms with Crippen LogP contribution in [0.15, 0.2) is 102 Å². The molecule has 1 aliphatic rings. The van der Waals surface area contributed by atoms with Gasteiger partial charge in [0.15, 0.2) is 0 Å². The van der Waals surface area contributed by atoms with Crippen LogP contribution in [0.1, 0.15) is 50.1 Å². The lowest BCUT2D eigenvalue weighted by molar-refractivity contribution is -0.0441. The van der Waals surface area contributed by atoms with Crippen LogP contribution in [0.4, 0.5) is 13.2 Å². The minimum absolute atomic E-state index is 0.00662. The van der Waals surface area contributed by atoms with E-state index in [9.17, 15) is 30.0 Å². The molecule has 0 unspecified atom stereocenters. The molecule has 1 N–H and O–H groups in total. The first-order valence-electron chi connectivity index (χ1n) is 15.3. The summed E-state index contributed by atoms with van der Waals surface area (Å²) >= 11 is 0. The summed E-state index contributed by atoms with van der Waals surface area (Å²) in [6.45, 7) is 8.10. The van der Waals surface area contributed by atoms with Crippen LogP contribution >= 0.6 is 0 Å². The first kappa shape index (κ1) is 34.2. The quantitative estimate of drug-likeness (QED) is 0.197. The fourth-order valence-corrected chi connectivity index (χ4v) is 8.75. The summed E-state index contributed by atoms with van der Waals surface area (Å²) in [5.41, 5.74) is 2.54. The third-order valence-corrected chi connectivity index (χ3v) is 12.0. The van der Waals surface area contributed by atoms with Crippen molar-refractivity contribution < 1.29 is 34.7 Å². The van der Waals surface area contributed by atoms with Gasteiger partial charge >= 0.3 is 15.5 Å². The lowest BCUT2D eigenvalue weighted by Crippen LogP contribution is -2.40. The standard InChI is InChI=1S/C38H32F3NO5S2/c1-23-9-7-10-24(2)32(23)19-27-15-17-29-34(21-27)47-35-22-28(20-33-25(3)11-8-12-26(33)4)16-18-30(35)37(29)31-13-5-6-14-36(31)48(43,44)42-49(45,46)38(39,40)41/h5-19,21-22,42H,20H2,1-4H3/b27-19+. The summed E-state index contributed by atoms with van der Waals surface area (Å²) in [4.78, 5) is -0.637. The Morgan fingerprint density at radius 1 is 0.694 bits per heavy atom. The molecule has 0 spiro atoms. The Morgan fingerprint density at radius 2 is 1.33 bits per heavy atom. The van der Waals surface area contributed by atoms with Gasteiger partial charge in [0.1, 0.15) is 11.5 Å². The van der Waals surface area contributed by atoms with Crippen molar-refractivity contribution in [2.75, 3.05) is 0 Å². The van der Waals surface area contributed by atoms with E-state index in [-0.39, 0.29) is 5.56 Å². The van der Waals surface area contributed by atoms with E-state index in [2.05, 4.69) is 0 Å². The third kappa shape index (κ3) is 6.66. The van der Waals surface area contributed by atoms with Gasteiger partial charge < -0.3 is 4.74 Å². The second kappa shape index (κ2) is 12.6. The summed E-state index contributed by atoms with van der Waals surface area (Å²) in [6.07, 6.45) is 2.62. The Morgan fingerprint density at radius 3 is 1.98 bits per heavy atom. The summed E-state index contributed by atoms with van der Waals surface area (Å²) in [5.74, 6) is 0.813. The number of alkyl halides is 3. The van der Waals surface area contributed by atoms with Crippen LogP contribution in [-0.4, -0.2) is 22.3 Å². The second-order valence-corrected chi connectivity index (χ2v) is 15.7. The van der Waals surface area contributed by atoms with E-state index in [1.165, 1.54) is 18.2 Å². The van der Waals surface area contributed by atoms with Gasteiger partial charge in [0.2, 0.25) is 0 Å². The molecule has 1 heterocycles. The maximum atomic E-state index is 13.4. The number of aryl methyl sites for hydroxylation is 4. The lowest BCUT2D eigenvalue weighted by atomic mass is 9.90. The Hall–Kier alpha value is -4.71. The van der Waals surface area contributed by atoms with E-state index in [0.717, 1.165) is 54.4 Å². The van der Waals surface area contributed by atoms with Gasteiger partial charge in [-0.3, -0.25) is 0 Å². The smallest absolute Gasteiger partial charge is 0.456 e. The molecule has 0 saturated carbocycles. The van der Waals surface area contributed by atoms with Crippen molar-refractivity contribution in [3.63, 3.8) is 0 Å². The molecule has 6 nitrogen and oxygen atoms in total. The first-order chi connectivity index (χ1) is 23.1. The van der Waals surface area contributed by atoms with E-state index >= 15 is 0 Å². The topological polar surface area (TPSA) is 89.5 Å². The number of hydrogen-bond donors (Lipinski definition) is 1. The first-order valence-corrected chi connectivity index (χ1v) is 18.3. The monoisotopic (exact) mass is 703 g/mol. The zero-order valence-corrected chi connectivity index (χ0v) is 28.6. The van der Waals surface area contributed by atoms with E-state index in [1.807, 2.05) is 94.4 Å². The van der Waals surface area contributed by atoms with Gasteiger partial charge in [-0.05, 0) is 109 Å². The van der Waals surface area contributed by atoms with Crippen molar-refractivity contribution in [3.8, 4) is 11.5 Å². The number of nitrogens with one attached hydrogen (secondary N) is 1. The number of ether oxygens (including phenoxy) is 1. The summed E-state index contributed by atoms with van der Waals surface area (Å²) in [5, 5.41) is 1.29. The number of rotatable bonds is 7. The van der Waals surface area contributed by atoms with Gasteiger partial charge in [0, 0.05) is 21.9 Å². The molecule has 0 bridgehead atoms. The summed E-state index contributed by atoms with van der Waals surface area (Å²) in [6, 6.07) is 28.4. The number of sulfonamides is 2. The van der Waals surface area contributed by atoms with Crippen molar-refractivity contribution >= 4 is 31.7 Å². The molecule has 0 fully saturated rings. The molecular formula is C38H32F3NO5S2. The zero-order valence-electron chi connectivity index (χ0n) is 27.0. The molecule has 5 aromatic carbocycles. The Balaban J connectivity index is 1.58. The fourth-order valence-electron chi connectivity index (χ4n) is 6.14. The van der Waals surface area contributed by atoms with Crippen LogP contribution in [0.2, 0.25) is 0 Å². The van der Waals surface area contributed by atoms with Gasteiger partial charge in [0.25, 0.3) is 10.0 Å². The molecule has 0 aromatic heterocycles. The van der Waals surface area contributed by atoms with Crippen molar-refractivity contribution in [3.05, 3.63) is 158 Å². The second-order valence-electron chi connectivity index (χ2n) is 12.1. The lowest BCUT2D eigenvalue weighted by Gasteiger charge is -2.23. The van der Waals surface area contributed by atoms with E-state index in [1.54, 1.807) is 12.1 Å². The molecule has 0 amide bonds. The Kier molecular flexibility index (Phi) is 8.81. The highest BCUT2D eigenvalue weighted by Crippen LogP contribution is 2.39. The van der Waals surface area contributed by atoms with Crippen molar-refractivity contribution in [1.29, 1.82) is 0 Å². The Labute approximate surface area is 283 Å². The summed E-state index contributed by atoms with van der Waals surface area (Å²) < 4.78 is 97.9. The van der Waals surface area contributed by atoms with Crippen molar-refractivity contribution in [1.82, 2.24) is 4.13 Å². The molecule has 0 saturated heterocycles. The van der Waals surface area contributed by atoms with Crippen LogP contribution < -0.4 is 19.3 Å². The number of hydrogen-bond acceptors (Lipinski definition) is 5. The fraction of sp³-hybridized carbons (Fsp3) is 0.158. The molecule has 5 aromatic rings. The third-order valence-electron chi connectivity index (χ3n) is 8.66. The highest BCUT2D eigenvalue weighted by molar-refractivity contribution is 8.05. The van der Waals surface area contributed by atoms with Crippen LogP contribution in [0.25, 0.3) is 11.6 Å². The molecule has 11 heteroatoms. The highest BCUT2D eigenvalue weighted by atomic mass is 32.3. The number of fused-ring (bicyclic) bond motifs is 2. The van der Waals surface area contributed by atoms with Gasteiger partial charge in [0.05, 0.1) is 4.90 Å². The molecule has 1 aliphatic heterocycles. The van der Waals surface area contributed by atoms with Crippen molar-refractivity contribution in [2.24, 2.45) is 0 Å². The van der Waals surface area contributed by atoms with E-state index in [4.69, 9.17) is 4.74 Å². The minimum Gasteiger partial charge on any atom is -0.456 e. The van der Waals surface area contributed by atoms with Gasteiger partial charge in [-0.25, -0.2) is 16.8 Å². The highest BCUT2D eigenvalue weighted by Gasteiger charge is 2.48. The Bertz CT molecular complexity index is 2450. The molecule has 0 atom stereocenters. The van der Waals surface area contributed by atoms with Crippen LogP contribution in [0.3, 0.4) is 0 Å². The summed E-state index contributed by atoms with van der Waals surface area (Å²) in [7, 11) is -11.5. The van der Waals surface area contributed by atoms with Crippen LogP contribution in [0.5, 0.6) is 11.5 Å². The predicted octanol–water partition coefficient (Wildman–Crippen LogP) is 6.82. The molecule has 0 radical (unpaired) electrons.